The average molecular weight is 499 g/mol. The number of likely N-dealkylation sites (N-methyl/N-ethyl adjacent to an activating group) is 1. The highest BCUT2D eigenvalue weighted by Crippen LogP contribution is 2.30. The van der Waals surface area contributed by atoms with Gasteiger partial charge < -0.3 is 14.4 Å². The van der Waals surface area contributed by atoms with Gasteiger partial charge in [0.05, 0.1) is 47.3 Å². The molecule has 0 aliphatic carbocycles. The van der Waals surface area contributed by atoms with Crippen LogP contribution in [0.5, 0.6) is 5.88 Å². The van der Waals surface area contributed by atoms with Gasteiger partial charge >= 0.3 is 5.69 Å². The molecule has 0 atom stereocenters. The number of hydrogen-bond acceptors (Lipinski definition) is 7. The van der Waals surface area contributed by atoms with Gasteiger partial charge in [0.2, 0.25) is 5.88 Å². The van der Waals surface area contributed by atoms with E-state index in [1.165, 1.54) is 0 Å². The van der Waals surface area contributed by atoms with Crippen molar-refractivity contribution in [2.75, 3.05) is 38.8 Å². The van der Waals surface area contributed by atoms with E-state index in [9.17, 15) is 4.79 Å². The number of anilines is 1. The number of benzene rings is 1. The van der Waals surface area contributed by atoms with E-state index in [1.54, 1.807) is 35.7 Å². The summed E-state index contributed by atoms with van der Waals surface area (Å²) in [5.41, 5.74) is 5.62. The fraction of sp³-hybridized carbons (Fsp3) is 0.286. The van der Waals surface area contributed by atoms with E-state index in [1.807, 2.05) is 62.2 Å². The van der Waals surface area contributed by atoms with Crippen molar-refractivity contribution in [2.45, 2.75) is 13.8 Å². The number of hydrogen-bond donors (Lipinski definition) is 0. The maximum absolute atomic E-state index is 13.5. The van der Waals surface area contributed by atoms with Crippen LogP contribution < -0.4 is 15.3 Å². The summed E-state index contributed by atoms with van der Waals surface area (Å²) in [7, 11) is 5.42. The molecule has 5 aromatic rings. The number of ether oxygens (including phenoxy) is 2. The van der Waals surface area contributed by atoms with Gasteiger partial charge in [0.1, 0.15) is 5.82 Å². The van der Waals surface area contributed by atoms with Crippen molar-refractivity contribution in [3.8, 4) is 22.7 Å². The molecule has 4 aromatic heterocycles. The van der Waals surface area contributed by atoms with Gasteiger partial charge in [-0.05, 0) is 49.7 Å². The van der Waals surface area contributed by atoms with Gasteiger partial charge in [0.25, 0.3) is 0 Å². The normalized spacial score (nSPS) is 11.4. The van der Waals surface area contributed by atoms with Crippen molar-refractivity contribution in [3.63, 3.8) is 0 Å². The average Bonchev–Trinajstić information content (AvgIpc) is 3.17. The molecule has 5 rings (SSSR count). The van der Waals surface area contributed by atoms with Gasteiger partial charge in [-0.2, -0.15) is 0 Å². The molecule has 190 valence electrons. The summed E-state index contributed by atoms with van der Waals surface area (Å²) in [5.74, 6) is 1.41. The summed E-state index contributed by atoms with van der Waals surface area (Å²) in [4.78, 5) is 29.4. The smallest absolute Gasteiger partial charge is 0.333 e. The molecule has 37 heavy (non-hydrogen) atoms. The lowest BCUT2D eigenvalue weighted by Gasteiger charge is -2.19. The van der Waals surface area contributed by atoms with Crippen molar-refractivity contribution in [1.82, 2.24) is 24.1 Å². The number of rotatable bonds is 8. The zero-order valence-corrected chi connectivity index (χ0v) is 21.7. The number of fused-ring (bicyclic) bond motifs is 3. The lowest BCUT2D eigenvalue weighted by atomic mass is 10.0. The monoisotopic (exact) mass is 498 g/mol. The first-order valence-electron chi connectivity index (χ1n) is 12.2. The molecule has 0 radical (unpaired) electrons. The number of methoxy groups -OCH3 is 1. The predicted octanol–water partition coefficient (Wildman–Crippen LogP) is 4.12. The van der Waals surface area contributed by atoms with Crippen LogP contribution in [0.25, 0.3) is 38.8 Å². The SMILES string of the molecule is CCOc1ccc(-c2ccc3ncc4c(c3c2)n(-c2ccc(N(C)CCOC)nc2C)c(=O)n4C)cn1. The highest BCUT2D eigenvalue weighted by molar-refractivity contribution is 6.04. The van der Waals surface area contributed by atoms with Gasteiger partial charge in [0.15, 0.2) is 0 Å². The van der Waals surface area contributed by atoms with E-state index in [4.69, 9.17) is 14.5 Å². The first-order chi connectivity index (χ1) is 17.9. The van der Waals surface area contributed by atoms with E-state index in [-0.39, 0.29) is 5.69 Å². The Morgan fingerprint density at radius 3 is 2.54 bits per heavy atom. The van der Waals surface area contributed by atoms with Gasteiger partial charge in [-0.25, -0.2) is 14.8 Å². The van der Waals surface area contributed by atoms with Crippen LogP contribution in [0.15, 0.2) is 59.7 Å². The molecule has 0 N–H and O–H groups in total. The maximum Gasteiger partial charge on any atom is 0.333 e. The Balaban J connectivity index is 1.68. The maximum atomic E-state index is 13.5. The summed E-state index contributed by atoms with van der Waals surface area (Å²) in [6, 6.07) is 13.8. The molecule has 9 heteroatoms. The lowest BCUT2D eigenvalue weighted by Crippen LogP contribution is -2.24. The van der Waals surface area contributed by atoms with Gasteiger partial charge in [-0.3, -0.25) is 14.1 Å². The largest absolute Gasteiger partial charge is 0.478 e. The summed E-state index contributed by atoms with van der Waals surface area (Å²) < 4.78 is 14.0. The molecule has 0 aliphatic rings. The molecule has 0 spiro atoms. The number of aromatic nitrogens is 5. The van der Waals surface area contributed by atoms with Crippen LogP contribution >= 0.6 is 0 Å². The minimum absolute atomic E-state index is 0.150. The molecule has 1 aromatic carbocycles. The first-order valence-corrected chi connectivity index (χ1v) is 12.2. The molecule has 0 aliphatic heterocycles. The second-order valence-electron chi connectivity index (χ2n) is 8.91. The van der Waals surface area contributed by atoms with E-state index >= 15 is 0 Å². The van der Waals surface area contributed by atoms with E-state index in [0.29, 0.717) is 19.1 Å². The second-order valence-corrected chi connectivity index (χ2v) is 8.91. The lowest BCUT2D eigenvalue weighted by molar-refractivity contribution is 0.206. The Hall–Kier alpha value is -4.24. The van der Waals surface area contributed by atoms with Crippen LogP contribution in [0, 0.1) is 6.92 Å². The molecule has 4 heterocycles. The van der Waals surface area contributed by atoms with Crippen molar-refractivity contribution in [2.24, 2.45) is 7.05 Å². The summed E-state index contributed by atoms with van der Waals surface area (Å²) in [6.07, 6.45) is 3.55. The minimum Gasteiger partial charge on any atom is -0.478 e. The van der Waals surface area contributed by atoms with Crippen LogP contribution in [0.3, 0.4) is 0 Å². The first kappa shape index (κ1) is 24.5. The molecule has 0 saturated heterocycles. The van der Waals surface area contributed by atoms with Crippen molar-refractivity contribution in [1.29, 1.82) is 0 Å². The molecule has 0 unspecified atom stereocenters. The number of pyridine rings is 3. The van der Waals surface area contributed by atoms with Crippen LogP contribution in [0.2, 0.25) is 0 Å². The van der Waals surface area contributed by atoms with Gasteiger partial charge in [0, 0.05) is 51.0 Å². The second kappa shape index (κ2) is 10.0. The highest BCUT2D eigenvalue weighted by Gasteiger charge is 2.19. The zero-order chi connectivity index (χ0) is 26.1. The Bertz CT molecular complexity index is 1640. The van der Waals surface area contributed by atoms with Crippen molar-refractivity contribution in [3.05, 3.63) is 71.0 Å². The predicted molar refractivity (Wildman–Crippen MR) is 146 cm³/mol. The standard InChI is InChI=1S/C28H30N6O3/c1-6-37-26-12-8-20(16-30-26)19-7-9-22-21(15-19)27-24(17-29-22)33(4)28(35)34(27)23-10-11-25(31-18(23)2)32(3)13-14-36-5/h7-12,15-17H,6,13-14H2,1-5H3. The number of aryl methyl sites for hydroxylation is 2. The van der Waals surface area contributed by atoms with Crippen molar-refractivity contribution < 1.29 is 9.47 Å². The summed E-state index contributed by atoms with van der Waals surface area (Å²) in [5, 5.41) is 0.877. The summed E-state index contributed by atoms with van der Waals surface area (Å²) in [6.45, 7) is 5.74. The highest BCUT2D eigenvalue weighted by atomic mass is 16.5. The third kappa shape index (κ3) is 4.42. The molecule has 9 nitrogen and oxygen atoms in total. The van der Waals surface area contributed by atoms with Crippen LogP contribution in [-0.4, -0.2) is 58.0 Å². The third-order valence-electron chi connectivity index (χ3n) is 6.55. The zero-order valence-electron chi connectivity index (χ0n) is 21.7. The third-order valence-corrected chi connectivity index (χ3v) is 6.55. The Labute approximate surface area is 214 Å². The van der Waals surface area contributed by atoms with Crippen molar-refractivity contribution >= 4 is 27.8 Å². The minimum atomic E-state index is -0.150. The van der Waals surface area contributed by atoms with Gasteiger partial charge in [-0.1, -0.05) is 6.07 Å². The summed E-state index contributed by atoms with van der Waals surface area (Å²) >= 11 is 0. The number of imidazole rings is 1. The molecule has 0 amide bonds. The topological polar surface area (TPSA) is 87.3 Å². The molecular formula is C28H30N6O3. The van der Waals surface area contributed by atoms with E-state index < -0.39 is 0 Å². The van der Waals surface area contributed by atoms with E-state index in [0.717, 1.165) is 56.8 Å². The molecule has 0 saturated carbocycles. The fourth-order valence-corrected chi connectivity index (χ4v) is 4.52. The van der Waals surface area contributed by atoms with Gasteiger partial charge in [-0.15, -0.1) is 0 Å². The van der Waals surface area contributed by atoms with E-state index in [2.05, 4.69) is 16.0 Å². The Morgan fingerprint density at radius 1 is 1.03 bits per heavy atom. The fourth-order valence-electron chi connectivity index (χ4n) is 4.52. The van der Waals surface area contributed by atoms with Crippen LogP contribution in [0.1, 0.15) is 12.6 Å². The molecule has 0 bridgehead atoms. The van der Waals surface area contributed by atoms with Crippen LogP contribution in [-0.2, 0) is 11.8 Å². The van der Waals surface area contributed by atoms with Crippen LogP contribution in [0.4, 0.5) is 5.82 Å². The Morgan fingerprint density at radius 2 is 1.84 bits per heavy atom. The molecule has 0 fully saturated rings. The Kier molecular flexibility index (Phi) is 6.62. The molecular weight excluding hydrogens is 468 g/mol. The quantitative estimate of drug-likeness (QED) is 0.318. The number of nitrogens with zero attached hydrogens (tertiary/aromatic N) is 6.